The molecule has 1 aliphatic heterocycles. The molecule has 98 valence electrons. The van der Waals surface area contributed by atoms with Crippen LogP contribution in [0.2, 0.25) is 0 Å². The summed E-state index contributed by atoms with van der Waals surface area (Å²) in [5.74, 6) is -0.272. The van der Waals surface area contributed by atoms with Crippen molar-refractivity contribution in [2.45, 2.75) is 25.7 Å². The van der Waals surface area contributed by atoms with Crippen molar-refractivity contribution in [1.82, 2.24) is 0 Å². The van der Waals surface area contributed by atoms with Gasteiger partial charge in [0.05, 0.1) is 19.3 Å². The number of ether oxygens (including phenoxy) is 1. The third-order valence-corrected chi connectivity index (χ3v) is 3.50. The molecule has 2 aromatic rings. The van der Waals surface area contributed by atoms with Gasteiger partial charge in [-0.15, -0.1) is 0 Å². The van der Waals surface area contributed by atoms with Gasteiger partial charge in [0.25, 0.3) is 0 Å². The van der Waals surface area contributed by atoms with Gasteiger partial charge >= 0.3 is 0 Å². The Morgan fingerprint density at radius 1 is 1.11 bits per heavy atom. The van der Waals surface area contributed by atoms with E-state index in [1.54, 1.807) is 18.2 Å². The fraction of sp³-hybridized carbons (Fsp3) is 0.250. The van der Waals surface area contributed by atoms with Crippen molar-refractivity contribution in [2.75, 3.05) is 0 Å². The van der Waals surface area contributed by atoms with E-state index in [2.05, 4.69) is 0 Å². The summed E-state index contributed by atoms with van der Waals surface area (Å²) in [4.78, 5) is 0. The van der Waals surface area contributed by atoms with Crippen molar-refractivity contribution >= 4 is 0 Å². The van der Waals surface area contributed by atoms with Crippen LogP contribution in [0.25, 0.3) is 0 Å². The maximum atomic E-state index is 13.6. The number of fused-ring (bicyclic) bond motifs is 1. The molecule has 0 aliphatic carbocycles. The molecule has 2 nitrogen and oxygen atoms in total. The first-order valence-electron chi connectivity index (χ1n) is 6.35. The highest BCUT2D eigenvalue weighted by Crippen LogP contribution is 2.26. The molecule has 0 radical (unpaired) electrons. The quantitative estimate of drug-likeness (QED) is 0.916. The van der Waals surface area contributed by atoms with Crippen molar-refractivity contribution < 1.29 is 14.2 Å². The lowest BCUT2D eigenvalue weighted by atomic mass is 9.98. The highest BCUT2D eigenvalue weighted by atomic mass is 19.1. The third-order valence-electron chi connectivity index (χ3n) is 3.50. The highest BCUT2D eigenvalue weighted by molar-refractivity contribution is 5.35. The first kappa shape index (κ1) is 12.3. The standard InChI is InChI=1S/C16H15FO2/c17-15-4-2-1-3-11(15)8-16(18)12-5-6-13-9-19-10-14(13)7-12/h1-7,16,18H,8-10H2. The van der Waals surface area contributed by atoms with E-state index in [1.165, 1.54) is 11.6 Å². The monoisotopic (exact) mass is 258 g/mol. The Morgan fingerprint density at radius 2 is 1.89 bits per heavy atom. The maximum Gasteiger partial charge on any atom is 0.126 e. The van der Waals surface area contributed by atoms with Crippen molar-refractivity contribution in [3.63, 3.8) is 0 Å². The maximum absolute atomic E-state index is 13.6. The van der Waals surface area contributed by atoms with Crippen LogP contribution >= 0.6 is 0 Å². The molecule has 0 bridgehead atoms. The molecule has 1 unspecified atom stereocenters. The van der Waals surface area contributed by atoms with Crippen molar-refractivity contribution in [3.8, 4) is 0 Å². The topological polar surface area (TPSA) is 29.5 Å². The largest absolute Gasteiger partial charge is 0.388 e. The van der Waals surface area contributed by atoms with Gasteiger partial charge in [-0.2, -0.15) is 0 Å². The van der Waals surface area contributed by atoms with Crippen molar-refractivity contribution in [3.05, 3.63) is 70.5 Å². The van der Waals surface area contributed by atoms with Crippen LogP contribution in [0.4, 0.5) is 4.39 Å². The molecule has 1 atom stereocenters. The lowest BCUT2D eigenvalue weighted by Crippen LogP contribution is -2.04. The molecule has 1 N–H and O–H groups in total. The number of hydrogen-bond acceptors (Lipinski definition) is 2. The van der Waals surface area contributed by atoms with Gasteiger partial charge < -0.3 is 9.84 Å². The van der Waals surface area contributed by atoms with Crippen LogP contribution < -0.4 is 0 Å². The Kier molecular flexibility index (Phi) is 3.32. The number of hydrogen-bond donors (Lipinski definition) is 1. The van der Waals surface area contributed by atoms with E-state index in [0.717, 1.165) is 11.1 Å². The van der Waals surface area contributed by atoms with E-state index in [0.29, 0.717) is 18.8 Å². The molecule has 0 saturated heterocycles. The zero-order chi connectivity index (χ0) is 13.2. The van der Waals surface area contributed by atoms with Gasteiger partial charge in [0.2, 0.25) is 0 Å². The zero-order valence-corrected chi connectivity index (χ0v) is 10.5. The SMILES string of the molecule is OC(Cc1ccccc1F)c1ccc2c(c1)COC2. The molecule has 0 amide bonds. The van der Waals surface area contributed by atoms with Gasteiger partial charge in [-0.3, -0.25) is 0 Å². The first-order valence-corrected chi connectivity index (χ1v) is 6.35. The Bertz CT molecular complexity index is 595. The van der Waals surface area contributed by atoms with Gasteiger partial charge in [0.15, 0.2) is 0 Å². The van der Waals surface area contributed by atoms with Gasteiger partial charge in [-0.05, 0) is 28.3 Å². The lowest BCUT2D eigenvalue weighted by Gasteiger charge is -2.12. The number of benzene rings is 2. The van der Waals surface area contributed by atoms with Crippen molar-refractivity contribution in [1.29, 1.82) is 0 Å². The second kappa shape index (κ2) is 5.11. The molecular formula is C16H15FO2. The second-order valence-electron chi connectivity index (χ2n) is 4.83. The summed E-state index contributed by atoms with van der Waals surface area (Å²) in [5.41, 5.74) is 3.63. The highest BCUT2D eigenvalue weighted by Gasteiger charge is 2.16. The molecule has 0 spiro atoms. The second-order valence-corrected chi connectivity index (χ2v) is 4.83. The summed E-state index contributed by atoms with van der Waals surface area (Å²) in [6, 6.07) is 12.4. The van der Waals surface area contributed by atoms with E-state index in [4.69, 9.17) is 4.74 Å². The summed E-state index contributed by atoms with van der Waals surface area (Å²) in [6.07, 6.45) is -0.408. The van der Waals surface area contributed by atoms with E-state index < -0.39 is 6.10 Å². The smallest absolute Gasteiger partial charge is 0.126 e. The normalized spacial score (nSPS) is 15.3. The minimum Gasteiger partial charge on any atom is -0.388 e. The fourth-order valence-electron chi connectivity index (χ4n) is 2.39. The van der Waals surface area contributed by atoms with E-state index in [-0.39, 0.29) is 12.2 Å². The summed E-state index contributed by atoms with van der Waals surface area (Å²) >= 11 is 0. The Balaban J connectivity index is 1.81. The number of aliphatic hydroxyl groups excluding tert-OH is 1. The summed E-state index contributed by atoms with van der Waals surface area (Å²) in [5, 5.41) is 10.2. The molecule has 0 fully saturated rings. The van der Waals surface area contributed by atoms with Gasteiger partial charge in [0, 0.05) is 6.42 Å². The van der Waals surface area contributed by atoms with Crippen LogP contribution in [0, 0.1) is 5.82 Å². The van der Waals surface area contributed by atoms with Crippen LogP contribution in [0.15, 0.2) is 42.5 Å². The van der Waals surface area contributed by atoms with Crippen LogP contribution in [0.3, 0.4) is 0 Å². The van der Waals surface area contributed by atoms with E-state index in [1.807, 2.05) is 18.2 Å². The first-order chi connectivity index (χ1) is 9.24. The van der Waals surface area contributed by atoms with Gasteiger partial charge in [-0.1, -0.05) is 36.4 Å². The molecule has 3 rings (SSSR count). The Morgan fingerprint density at radius 3 is 2.74 bits per heavy atom. The van der Waals surface area contributed by atoms with Gasteiger partial charge in [-0.25, -0.2) is 4.39 Å². The Labute approximate surface area is 111 Å². The average molecular weight is 258 g/mol. The molecular weight excluding hydrogens is 243 g/mol. The summed E-state index contributed by atoms with van der Waals surface area (Å²) in [6.45, 7) is 1.23. The molecule has 0 saturated carbocycles. The predicted molar refractivity (Wildman–Crippen MR) is 70.0 cm³/mol. The van der Waals surface area contributed by atoms with E-state index in [9.17, 15) is 9.50 Å². The van der Waals surface area contributed by atoms with Crippen LogP contribution in [0.5, 0.6) is 0 Å². The summed E-state index contributed by atoms with van der Waals surface area (Å²) < 4.78 is 18.9. The average Bonchev–Trinajstić information content (AvgIpc) is 2.88. The minimum absolute atomic E-state index is 0.272. The minimum atomic E-state index is -0.692. The summed E-state index contributed by atoms with van der Waals surface area (Å²) in [7, 11) is 0. The molecule has 2 aromatic carbocycles. The van der Waals surface area contributed by atoms with Crippen molar-refractivity contribution in [2.24, 2.45) is 0 Å². The number of halogens is 1. The molecule has 1 aliphatic rings. The molecule has 1 heterocycles. The van der Waals surface area contributed by atoms with Gasteiger partial charge in [0.1, 0.15) is 5.82 Å². The fourth-order valence-corrected chi connectivity index (χ4v) is 2.39. The number of rotatable bonds is 3. The van der Waals surface area contributed by atoms with Crippen LogP contribution in [-0.2, 0) is 24.4 Å². The lowest BCUT2D eigenvalue weighted by molar-refractivity contribution is 0.134. The number of aliphatic hydroxyl groups is 1. The third kappa shape index (κ3) is 2.53. The molecule has 19 heavy (non-hydrogen) atoms. The Hall–Kier alpha value is -1.71. The zero-order valence-electron chi connectivity index (χ0n) is 10.5. The van der Waals surface area contributed by atoms with Crippen LogP contribution in [-0.4, -0.2) is 5.11 Å². The molecule has 0 aromatic heterocycles. The molecule has 3 heteroatoms. The predicted octanol–water partition coefficient (Wildman–Crippen LogP) is 3.13. The van der Waals surface area contributed by atoms with E-state index >= 15 is 0 Å². The van der Waals surface area contributed by atoms with Crippen LogP contribution in [0.1, 0.15) is 28.4 Å².